The average Bonchev–Trinajstić information content (AvgIpc) is 2.35. The highest BCUT2D eigenvalue weighted by Gasteiger charge is 2.50. The highest BCUT2D eigenvalue weighted by molar-refractivity contribution is 5.75. The quantitative estimate of drug-likeness (QED) is 0.804. The first-order valence-corrected chi connectivity index (χ1v) is 7.80. The lowest BCUT2D eigenvalue weighted by Crippen LogP contribution is -2.47. The van der Waals surface area contributed by atoms with E-state index in [9.17, 15) is 9.90 Å². The lowest BCUT2D eigenvalue weighted by Gasteiger charge is -2.46. The minimum Gasteiger partial charge on any atom is -0.481 e. The van der Waals surface area contributed by atoms with Crippen LogP contribution >= 0.6 is 0 Å². The average molecular weight is 252 g/mol. The monoisotopic (exact) mass is 252 g/mol. The van der Waals surface area contributed by atoms with Crippen molar-refractivity contribution in [2.24, 2.45) is 23.2 Å². The van der Waals surface area contributed by atoms with Gasteiger partial charge in [0.1, 0.15) is 0 Å². The summed E-state index contributed by atoms with van der Waals surface area (Å²) in [6.45, 7) is 4.35. The van der Waals surface area contributed by atoms with E-state index in [2.05, 4.69) is 13.8 Å². The highest BCUT2D eigenvalue weighted by Crippen LogP contribution is 2.51. The van der Waals surface area contributed by atoms with Crippen LogP contribution in [0.25, 0.3) is 0 Å². The lowest BCUT2D eigenvalue weighted by molar-refractivity contribution is -0.161. The Hall–Kier alpha value is -0.530. The van der Waals surface area contributed by atoms with Crippen LogP contribution in [0.3, 0.4) is 0 Å². The molecule has 0 bridgehead atoms. The minimum absolute atomic E-state index is 0.348. The Labute approximate surface area is 111 Å². The smallest absolute Gasteiger partial charge is 0.310 e. The van der Waals surface area contributed by atoms with Crippen molar-refractivity contribution in [3.63, 3.8) is 0 Å². The summed E-state index contributed by atoms with van der Waals surface area (Å²) in [5.74, 6) is 0.840. The summed E-state index contributed by atoms with van der Waals surface area (Å²) in [7, 11) is 0. The molecule has 1 N–H and O–H groups in total. The van der Waals surface area contributed by atoms with Gasteiger partial charge in [0.15, 0.2) is 0 Å². The maximum Gasteiger partial charge on any atom is 0.310 e. The molecule has 0 spiro atoms. The van der Waals surface area contributed by atoms with Crippen LogP contribution in [0.1, 0.15) is 71.6 Å². The zero-order chi connectivity index (χ0) is 13.2. The molecule has 0 aromatic heterocycles. The third-order valence-electron chi connectivity index (χ3n) is 5.78. The van der Waals surface area contributed by atoms with Crippen LogP contribution in [-0.4, -0.2) is 11.1 Å². The molecular weight excluding hydrogens is 224 g/mol. The summed E-state index contributed by atoms with van der Waals surface area (Å²) in [6.07, 6.45) is 10.8. The van der Waals surface area contributed by atoms with Crippen LogP contribution in [0.15, 0.2) is 0 Å². The molecule has 18 heavy (non-hydrogen) atoms. The van der Waals surface area contributed by atoms with Gasteiger partial charge in [0.05, 0.1) is 5.41 Å². The maximum absolute atomic E-state index is 12.0. The number of carbonyl (C=O) groups is 1. The third kappa shape index (κ3) is 2.44. The van der Waals surface area contributed by atoms with E-state index in [4.69, 9.17) is 0 Å². The molecule has 2 saturated carbocycles. The van der Waals surface area contributed by atoms with E-state index in [1.807, 2.05) is 0 Å². The minimum atomic E-state index is -0.521. The van der Waals surface area contributed by atoms with E-state index in [-0.39, 0.29) is 0 Å². The molecule has 0 aromatic carbocycles. The van der Waals surface area contributed by atoms with Crippen molar-refractivity contribution in [1.82, 2.24) is 0 Å². The van der Waals surface area contributed by atoms with E-state index >= 15 is 0 Å². The summed E-state index contributed by atoms with van der Waals surface area (Å²) in [4.78, 5) is 12.0. The van der Waals surface area contributed by atoms with Crippen LogP contribution in [0.5, 0.6) is 0 Å². The van der Waals surface area contributed by atoms with Crippen molar-refractivity contribution < 1.29 is 9.90 Å². The number of carboxylic acid groups (broad SMARTS) is 1. The first kappa shape index (κ1) is 13.9. The second kappa shape index (κ2) is 5.63. The fraction of sp³-hybridized carbons (Fsp3) is 0.938. The molecule has 2 aliphatic rings. The number of aliphatic carboxylic acids is 1. The summed E-state index contributed by atoms with van der Waals surface area (Å²) in [6, 6.07) is 0. The number of hydrogen-bond acceptors (Lipinski definition) is 1. The molecule has 0 saturated heterocycles. The largest absolute Gasteiger partial charge is 0.481 e. The Morgan fingerprint density at radius 1 is 1.00 bits per heavy atom. The molecule has 2 atom stereocenters. The Morgan fingerprint density at radius 3 is 2.06 bits per heavy atom. The van der Waals surface area contributed by atoms with Crippen LogP contribution in [0, 0.1) is 23.2 Å². The van der Waals surface area contributed by atoms with Gasteiger partial charge in [-0.3, -0.25) is 4.79 Å². The predicted molar refractivity (Wildman–Crippen MR) is 73.4 cm³/mol. The molecule has 0 heterocycles. The van der Waals surface area contributed by atoms with Crippen molar-refractivity contribution in [2.45, 2.75) is 71.6 Å². The summed E-state index contributed by atoms with van der Waals surface area (Å²) >= 11 is 0. The van der Waals surface area contributed by atoms with Crippen molar-refractivity contribution in [1.29, 1.82) is 0 Å². The Bertz CT molecular complexity index is 281. The molecule has 0 radical (unpaired) electrons. The molecule has 2 nitrogen and oxygen atoms in total. The molecular formula is C16H28O2. The second-order valence-corrected chi connectivity index (χ2v) is 6.79. The standard InChI is InChI=1S/C16H28O2/c1-12-7-6-8-13(2)16(12,15(17)18)11-14-9-4-3-5-10-14/h12-14H,3-11H2,1-2H3,(H,17,18). The lowest BCUT2D eigenvalue weighted by atomic mass is 9.57. The van der Waals surface area contributed by atoms with E-state index in [1.54, 1.807) is 0 Å². The van der Waals surface area contributed by atoms with Gasteiger partial charge in [-0.25, -0.2) is 0 Å². The molecule has 0 amide bonds. The number of carboxylic acids is 1. The van der Waals surface area contributed by atoms with Gasteiger partial charge >= 0.3 is 5.97 Å². The normalized spacial score (nSPS) is 38.6. The van der Waals surface area contributed by atoms with Crippen molar-refractivity contribution in [3.05, 3.63) is 0 Å². The fourth-order valence-electron chi connectivity index (χ4n) is 4.51. The molecule has 2 heteroatoms. The Kier molecular flexibility index (Phi) is 4.34. The van der Waals surface area contributed by atoms with Gasteiger partial charge in [-0.05, 0) is 37.0 Å². The topological polar surface area (TPSA) is 37.3 Å². The van der Waals surface area contributed by atoms with E-state index in [0.717, 1.165) is 19.3 Å². The summed E-state index contributed by atoms with van der Waals surface area (Å²) in [5, 5.41) is 9.86. The molecule has 2 fully saturated rings. The zero-order valence-corrected chi connectivity index (χ0v) is 12.0. The van der Waals surface area contributed by atoms with Crippen LogP contribution in [0.2, 0.25) is 0 Å². The van der Waals surface area contributed by atoms with Gasteiger partial charge in [0.2, 0.25) is 0 Å². The van der Waals surface area contributed by atoms with Gasteiger partial charge in [-0.15, -0.1) is 0 Å². The maximum atomic E-state index is 12.0. The summed E-state index contributed by atoms with van der Waals surface area (Å²) in [5.41, 5.74) is -0.430. The van der Waals surface area contributed by atoms with Crippen molar-refractivity contribution in [3.8, 4) is 0 Å². The van der Waals surface area contributed by atoms with Crippen LogP contribution < -0.4 is 0 Å². The zero-order valence-electron chi connectivity index (χ0n) is 12.0. The SMILES string of the molecule is CC1CCCC(C)C1(CC1CCCCC1)C(=O)O. The molecule has 0 aromatic rings. The van der Waals surface area contributed by atoms with Crippen LogP contribution in [-0.2, 0) is 4.79 Å². The van der Waals surface area contributed by atoms with Gasteiger partial charge in [-0.1, -0.05) is 52.4 Å². The fourth-order valence-corrected chi connectivity index (χ4v) is 4.51. The number of rotatable bonds is 3. The first-order chi connectivity index (χ1) is 8.57. The van der Waals surface area contributed by atoms with Gasteiger partial charge in [0.25, 0.3) is 0 Å². The summed E-state index contributed by atoms with van der Waals surface area (Å²) < 4.78 is 0. The van der Waals surface area contributed by atoms with E-state index in [1.165, 1.54) is 38.5 Å². The highest BCUT2D eigenvalue weighted by atomic mass is 16.4. The first-order valence-electron chi connectivity index (χ1n) is 7.80. The molecule has 104 valence electrons. The van der Waals surface area contributed by atoms with Crippen LogP contribution in [0.4, 0.5) is 0 Å². The van der Waals surface area contributed by atoms with Gasteiger partial charge < -0.3 is 5.11 Å². The van der Waals surface area contributed by atoms with E-state index < -0.39 is 11.4 Å². The van der Waals surface area contributed by atoms with Gasteiger partial charge in [0, 0.05) is 0 Å². The van der Waals surface area contributed by atoms with Crippen molar-refractivity contribution in [2.75, 3.05) is 0 Å². The van der Waals surface area contributed by atoms with Crippen molar-refractivity contribution >= 4 is 5.97 Å². The van der Waals surface area contributed by atoms with Gasteiger partial charge in [-0.2, -0.15) is 0 Å². The van der Waals surface area contributed by atoms with E-state index in [0.29, 0.717) is 17.8 Å². The second-order valence-electron chi connectivity index (χ2n) is 6.79. The predicted octanol–water partition coefficient (Wildman–Crippen LogP) is 4.48. The molecule has 0 aliphatic heterocycles. The molecule has 2 unspecified atom stereocenters. The third-order valence-corrected chi connectivity index (χ3v) is 5.78. The Balaban J connectivity index is 2.16. The Morgan fingerprint density at radius 2 is 1.56 bits per heavy atom. The number of hydrogen-bond donors (Lipinski definition) is 1. The molecule has 2 rings (SSSR count). The molecule has 2 aliphatic carbocycles.